The van der Waals surface area contributed by atoms with Crippen LogP contribution < -0.4 is 14.8 Å². The van der Waals surface area contributed by atoms with Gasteiger partial charge >= 0.3 is 0 Å². The highest BCUT2D eigenvalue weighted by Gasteiger charge is 2.22. The maximum atomic E-state index is 12.6. The number of carbonyl (C=O) groups excluding carboxylic acids is 1. The molecule has 0 saturated carbocycles. The number of aryl methyl sites for hydroxylation is 2. The van der Waals surface area contributed by atoms with Gasteiger partial charge in [-0.1, -0.05) is 41.7 Å². The Morgan fingerprint density at radius 1 is 1.15 bits per heavy atom. The number of hydrogen-bond acceptors (Lipinski definition) is 6. The van der Waals surface area contributed by atoms with Crippen molar-refractivity contribution in [3.63, 3.8) is 0 Å². The summed E-state index contributed by atoms with van der Waals surface area (Å²) in [4.78, 5) is 21.6. The van der Waals surface area contributed by atoms with Gasteiger partial charge in [0.15, 0.2) is 0 Å². The average Bonchev–Trinajstić information content (AvgIpc) is 3.23. The first-order valence-electron chi connectivity index (χ1n) is 10.8. The molecule has 2 aromatic heterocycles. The first-order chi connectivity index (χ1) is 16.2. The predicted molar refractivity (Wildman–Crippen MR) is 134 cm³/mol. The van der Waals surface area contributed by atoms with Crippen LogP contribution in [0.4, 0.5) is 0 Å². The third kappa shape index (κ3) is 5.38. The van der Waals surface area contributed by atoms with Crippen molar-refractivity contribution in [3.05, 3.63) is 100 Å². The highest BCUT2D eigenvalue weighted by molar-refractivity contribution is 7.15. The Labute approximate surface area is 208 Å². The van der Waals surface area contributed by atoms with Crippen LogP contribution >= 0.6 is 23.7 Å². The van der Waals surface area contributed by atoms with Crippen molar-refractivity contribution in [3.8, 4) is 16.7 Å². The molecular formula is C26H24ClN3O3S. The Morgan fingerprint density at radius 3 is 2.74 bits per heavy atom. The number of nitrogens with one attached hydrogen (secondary N) is 1. The van der Waals surface area contributed by atoms with Gasteiger partial charge in [-0.2, -0.15) is 0 Å². The Bertz CT molecular complexity index is 1270. The van der Waals surface area contributed by atoms with Crippen LogP contribution in [0.2, 0.25) is 0 Å². The average molecular weight is 494 g/mol. The van der Waals surface area contributed by atoms with Crippen molar-refractivity contribution >= 4 is 29.7 Å². The number of amides is 1. The molecule has 0 radical (unpaired) electrons. The van der Waals surface area contributed by atoms with E-state index in [1.807, 2.05) is 55.5 Å². The number of nitrogens with zero attached hydrogens (tertiary/aromatic N) is 2. The summed E-state index contributed by atoms with van der Waals surface area (Å²) < 4.78 is 12.2. The molecule has 174 valence electrons. The summed E-state index contributed by atoms with van der Waals surface area (Å²) in [5, 5.41) is 3.37. The zero-order chi connectivity index (χ0) is 22.6. The molecule has 3 heterocycles. The Hall–Kier alpha value is -3.42. The van der Waals surface area contributed by atoms with Crippen LogP contribution in [0, 0.1) is 6.92 Å². The first kappa shape index (κ1) is 23.7. The largest absolute Gasteiger partial charge is 0.485 e. The van der Waals surface area contributed by atoms with E-state index in [-0.39, 0.29) is 24.4 Å². The summed E-state index contributed by atoms with van der Waals surface area (Å²) in [5.74, 6) is 1.41. The summed E-state index contributed by atoms with van der Waals surface area (Å²) in [7, 11) is 0. The van der Waals surface area contributed by atoms with Gasteiger partial charge in [0.05, 0.1) is 5.69 Å². The van der Waals surface area contributed by atoms with E-state index < -0.39 is 0 Å². The van der Waals surface area contributed by atoms with Gasteiger partial charge < -0.3 is 14.8 Å². The first-order valence-corrected chi connectivity index (χ1v) is 11.6. The zero-order valence-electron chi connectivity index (χ0n) is 18.6. The number of benzene rings is 2. The van der Waals surface area contributed by atoms with Crippen molar-refractivity contribution < 1.29 is 14.3 Å². The van der Waals surface area contributed by atoms with Crippen molar-refractivity contribution in [1.29, 1.82) is 0 Å². The molecule has 4 aromatic rings. The van der Waals surface area contributed by atoms with Gasteiger partial charge in [-0.3, -0.25) is 9.78 Å². The number of fused-ring (bicyclic) bond motifs is 1. The minimum atomic E-state index is -0.164. The lowest BCUT2D eigenvalue weighted by atomic mass is 9.97. The van der Waals surface area contributed by atoms with Gasteiger partial charge in [0, 0.05) is 18.9 Å². The normalized spacial score (nSPS) is 14.3. The van der Waals surface area contributed by atoms with E-state index >= 15 is 0 Å². The molecule has 1 aliphatic rings. The van der Waals surface area contributed by atoms with Crippen LogP contribution in [-0.4, -0.2) is 15.9 Å². The second-order valence-corrected chi connectivity index (χ2v) is 8.82. The number of ether oxygens (including phenoxy) is 2. The maximum absolute atomic E-state index is 12.6. The number of hydrogen-bond donors (Lipinski definition) is 1. The molecule has 0 saturated heterocycles. The van der Waals surface area contributed by atoms with Gasteiger partial charge in [-0.15, -0.1) is 12.4 Å². The predicted octanol–water partition coefficient (Wildman–Crippen LogP) is 6.06. The molecule has 1 amide bonds. The highest BCUT2D eigenvalue weighted by Crippen LogP contribution is 2.38. The third-order valence-corrected chi connectivity index (χ3v) is 6.57. The maximum Gasteiger partial charge on any atom is 0.279 e. The van der Waals surface area contributed by atoms with E-state index in [1.54, 1.807) is 12.4 Å². The Balaban J connectivity index is 0.00000274. The summed E-state index contributed by atoms with van der Waals surface area (Å²) in [6, 6.07) is 19.9. The van der Waals surface area contributed by atoms with E-state index in [1.165, 1.54) is 16.9 Å². The SMILES string of the molecule is Cc1nc(Oc2ccc3c(c2)CC[C@@H](c2ccccc2)O3)sc1C(=O)NCc1ccncc1.Cl. The fourth-order valence-corrected chi connectivity index (χ4v) is 4.67. The molecule has 0 bridgehead atoms. The molecule has 0 aliphatic carbocycles. The van der Waals surface area contributed by atoms with E-state index in [4.69, 9.17) is 9.47 Å². The van der Waals surface area contributed by atoms with Gasteiger partial charge in [-0.05, 0) is 66.8 Å². The van der Waals surface area contributed by atoms with Gasteiger partial charge in [0.25, 0.3) is 11.1 Å². The molecule has 5 rings (SSSR count). The molecule has 8 heteroatoms. The zero-order valence-corrected chi connectivity index (χ0v) is 20.2. The van der Waals surface area contributed by atoms with Crippen LogP contribution in [0.15, 0.2) is 73.1 Å². The number of thiazole rings is 1. The van der Waals surface area contributed by atoms with E-state index in [2.05, 4.69) is 27.4 Å². The third-order valence-electron chi connectivity index (χ3n) is 5.54. The van der Waals surface area contributed by atoms with Gasteiger partial charge in [0.1, 0.15) is 22.5 Å². The quantitative estimate of drug-likeness (QED) is 0.353. The molecular weight excluding hydrogens is 470 g/mol. The molecule has 1 aliphatic heterocycles. The van der Waals surface area contributed by atoms with Crippen LogP contribution in [0.1, 0.15) is 44.6 Å². The minimum absolute atomic E-state index is 0. The van der Waals surface area contributed by atoms with E-state index in [0.29, 0.717) is 28.1 Å². The van der Waals surface area contributed by atoms with Gasteiger partial charge in [-0.25, -0.2) is 4.98 Å². The molecule has 1 N–H and O–H groups in total. The van der Waals surface area contributed by atoms with Gasteiger partial charge in [0.2, 0.25) is 0 Å². The molecule has 34 heavy (non-hydrogen) atoms. The van der Waals surface area contributed by atoms with Crippen molar-refractivity contribution in [2.45, 2.75) is 32.4 Å². The van der Waals surface area contributed by atoms with Crippen molar-refractivity contribution in [2.24, 2.45) is 0 Å². The lowest BCUT2D eigenvalue weighted by Crippen LogP contribution is -2.22. The number of rotatable bonds is 6. The second-order valence-electron chi connectivity index (χ2n) is 7.86. The van der Waals surface area contributed by atoms with Crippen LogP contribution in [0.3, 0.4) is 0 Å². The monoisotopic (exact) mass is 493 g/mol. The highest BCUT2D eigenvalue weighted by atomic mass is 35.5. The molecule has 2 aromatic carbocycles. The number of carbonyl (C=O) groups is 1. The van der Waals surface area contributed by atoms with Crippen molar-refractivity contribution in [1.82, 2.24) is 15.3 Å². The summed E-state index contributed by atoms with van der Waals surface area (Å²) in [6.45, 7) is 2.25. The fraction of sp³-hybridized carbons (Fsp3) is 0.192. The van der Waals surface area contributed by atoms with Crippen LogP contribution in [-0.2, 0) is 13.0 Å². The van der Waals surface area contributed by atoms with Crippen molar-refractivity contribution in [2.75, 3.05) is 0 Å². The Morgan fingerprint density at radius 2 is 1.94 bits per heavy atom. The Kier molecular flexibility index (Phi) is 7.45. The summed E-state index contributed by atoms with van der Waals surface area (Å²) in [5.41, 5.74) is 3.94. The number of halogens is 1. The van der Waals surface area contributed by atoms with Crippen LogP contribution in [0.25, 0.3) is 0 Å². The second kappa shape index (κ2) is 10.7. The molecule has 1 atom stereocenters. The lowest BCUT2D eigenvalue weighted by molar-refractivity contribution is 0.0954. The molecule has 0 unspecified atom stereocenters. The molecule has 0 fully saturated rings. The smallest absolute Gasteiger partial charge is 0.279 e. The van der Waals surface area contributed by atoms with E-state index in [9.17, 15) is 4.79 Å². The topological polar surface area (TPSA) is 73.3 Å². The number of aromatic nitrogens is 2. The lowest BCUT2D eigenvalue weighted by Gasteiger charge is -2.26. The van der Waals surface area contributed by atoms with E-state index in [0.717, 1.165) is 29.7 Å². The number of pyridine rings is 1. The fourth-order valence-electron chi connectivity index (χ4n) is 3.82. The standard InChI is InChI=1S/C26H23N3O3S.ClH/c1-17-24(25(30)28-16-18-11-13-27-14-12-18)33-26(29-17)31-21-8-10-23-20(15-21)7-9-22(32-23)19-5-3-2-4-6-19;/h2-6,8,10-15,22H,7,9,16H2,1H3,(H,28,30);1H/t22-;/m0./s1. The minimum Gasteiger partial charge on any atom is -0.485 e. The summed E-state index contributed by atoms with van der Waals surface area (Å²) in [6.07, 6.45) is 5.30. The molecule has 6 nitrogen and oxygen atoms in total. The summed E-state index contributed by atoms with van der Waals surface area (Å²) >= 11 is 1.24. The van der Waals surface area contributed by atoms with Crippen LogP contribution in [0.5, 0.6) is 16.7 Å². The molecule has 0 spiro atoms.